The molecule has 1 atom stereocenters. The van der Waals surface area contributed by atoms with Crippen molar-refractivity contribution in [3.05, 3.63) is 0 Å². The highest BCUT2D eigenvalue weighted by atomic mass is 16.5. The van der Waals surface area contributed by atoms with E-state index in [1.165, 1.54) is 70.6 Å². The first-order valence-electron chi connectivity index (χ1n) is 8.32. The largest absolute Gasteiger partial charge is 0.376 e. The standard InChI is InChI=1S/C17H36O/c1-5-8-10-11-12-13-14-16-17(4,18-7-3)15-9-6-2/h5-16H2,1-4H3. The zero-order chi connectivity index (χ0) is 13.7. The zero-order valence-corrected chi connectivity index (χ0v) is 13.4. The first-order chi connectivity index (χ1) is 8.68. The molecule has 0 aliphatic rings. The van der Waals surface area contributed by atoms with Gasteiger partial charge >= 0.3 is 0 Å². The molecule has 0 radical (unpaired) electrons. The minimum Gasteiger partial charge on any atom is -0.376 e. The second kappa shape index (κ2) is 12.0. The van der Waals surface area contributed by atoms with Crippen molar-refractivity contribution in [3.8, 4) is 0 Å². The van der Waals surface area contributed by atoms with Crippen LogP contribution in [-0.2, 0) is 4.74 Å². The number of hydrogen-bond donors (Lipinski definition) is 0. The molecule has 0 fully saturated rings. The topological polar surface area (TPSA) is 9.23 Å². The van der Waals surface area contributed by atoms with E-state index in [1.807, 2.05) is 0 Å². The lowest BCUT2D eigenvalue weighted by atomic mass is 9.92. The molecule has 0 aliphatic carbocycles. The minimum atomic E-state index is 0.147. The van der Waals surface area contributed by atoms with Gasteiger partial charge in [0, 0.05) is 6.61 Å². The van der Waals surface area contributed by atoms with E-state index in [0.717, 1.165) is 6.61 Å². The van der Waals surface area contributed by atoms with Crippen LogP contribution in [0.2, 0.25) is 0 Å². The minimum absolute atomic E-state index is 0.147. The number of hydrogen-bond acceptors (Lipinski definition) is 1. The van der Waals surface area contributed by atoms with E-state index in [4.69, 9.17) is 4.74 Å². The van der Waals surface area contributed by atoms with Gasteiger partial charge in [0.05, 0.1) is 5.60 Å². The highest BCUT2D eigenvalue weighted by Gasteiger charge is 2.22. The van der Waals surface area contributed by atoms with Crippen LogP contribution < -0.4 is 0 Å². The van der Waals surface area contributed by atoms with Crippen LogP contribution in [0.4, 0.5) is 0 Å². The van der Waals surface area contributed by atoms with Crippen molar-refractivity contribution in [2.45, 2.75) is 104 Å². The molecule has 1 nitrogen and oxygen atoms in total. The van der Waals surface area contributed by atoms with Crippen LogP contribution >= 0.6 is 0 Å². The Morgan fingerprint density at radius 1 is 0.667 bits per heavy atom. The molecule has 0 heterocycles. The second-order valence-electron chi connectivity index (χ2n) is 5.86. The van der Waals surface area contributed by atoms with E-state index in [-0.39, 0.29) is 5.60 Å². The van der Waals surface area contributed by atoms with Gasteiger partial charge in [0.25, 0.3) is 0 Å². The summed E-state index contributed by atoms with van der Waals surface area (Å²) in [5.41, 5.74) is 0.147. The summed E-state index contributed by atoms with van der Waals surface area (Å²) < 4.78 is 5.98. The molecule has 110 valence electrons. The second-order valence-corrected chi connectivity index (χ2v) is 5.86. The first kappa shape index (κ1) is 18.0. The van der Waals surface area contributed by atoms with Gasteiger partial charge in [-0.15, -0.1) is 0 Å². The van der Waals surface area contributed by atoms with Gasteiger partial charge in [-0.3, -0.25) is 0 Å². The van der Waals surface area contributed by atoms with Crippen LogP contribution in [-0.4, -0.2) is 12.2 Å². The molecule has 0 aromatic heterocycles. The van der Waals surface area contributed by atoms with E-state index < -0.39 is 0 Å². The van der Waals surface area contributed by atoms with Crippen molar-refractivity contribution in [2.75, 3.05) is 6.61 Å². The van der Waals surface area contributed by atoms with Gasteiger partial charge in [0.15, 0.2) is 0 Å². The molecular weight excluding hydrogens is 220 g/mol. The molecule has 0 aromatic carbocycles. The van der Waals surface area contributed by atoms with Gasteiger partial charge in [-0.2, -0.15) is 0 Å². The maximum Gasteiger partial charge on any atom is 0.0654 e. The maximum absolute atomic E-state index is 5.98. The van der Waals surface area contributed by atoms with Crippen molar-refractivity contribution in [1.82, 2.24) is 0 Å². The Bertz CT molecular complexity index is 167. The van der Waals surface area contributed by atoms with Crippen LogP contribution in [0.15, 0.2) is 0 Å². The summed E-state index contributed by atoms with van der Waals surface area (Å²) in [5, 5.41) is 0. The number of unbranched alkanes of at least 4 members (excludes halogenated alkanes) is 7. The molecule has 0 aromatic rings. The average Bonchev–Trinajstić information content (AvgIpc) is 2.36. The first-order valence-corrected chi connectivity index (χ1v) is 8.32. The summed E-state index contributed by atoms with van der Waals surface area (Å²) in [5.74, 6) is 0. The lowest BCUT2D eigenvalue weighted by Gasteiger charge is -2.29. The molecule has 0 bridgehead atoms. The lowest BCUT2D eigenvalue weighted by Crippen LogP contribution is -2.28. The Kier molecular flexibility index (Phi) is 12.0. The maximum atomic E-state index is 5.98. The monoisotopic (exact) mass is 256 g/mol. The molecule has 1 heteroatoms. The third-order valence-corrected chi connectivity index (χ3v) is 3.86. The Morgan fingerprint density at radius 2 is 1.17 bits per heavy atom. The molecule has 0 spiro atoms. The van der Waals surface area contributed by atoms with Gasteiger partial charge in [-0.05, 0) is 26.7 Å². The van der Waals surface area contributed by atoms with Crippen molar-refractivity contribution in [3.63, 3.8) is 0 Å². The van der Waals surface area contributed by atoms with Crippen LogP contribution in [0.1, 0.15) is 98.3 Å². The summed E-state index contributed by atoms with van der Waals surface area (Å²) in [4.78, 5) is 0. The molecule has 0 aliphatic heterocycles. The van der Waals surface area contributed by atoms with Crippen molar-refractivity contribution in [1.29, 1.82) is 0 Å². The van der Waals surface area contributed by atoms with Crippen molar-refractivity contribution < 1.29 is 4.74 Å². The third kappa shape index (κ3) is 9.94. The van der Waals surface area contributed by atoms with Crippen LogP contribution in [0.25, 0.3) is 0 Å². The fraction of sp³-hybridized carbons (Fsp3) is 1.00. The number of rotatable bonds is 13. The highest BCUT2D eigenvalue weighted by Crippen LogP contribution is 2.26. The molecule has 0 N–H and O–H groups in total. The fourth-order valence-corrected chi connectivity index (χ4v) is 2.62. The van der Waals surface area contributed by atoms with E-state index >= 15 is 0 Å². The van der Waals surface area contributed by atoms with Crippen LogP contribution in [0.3, 0.4) is 0 Å². The van der Waals surface area contributed by atoms with Crippen LogP contribution in [0.5, 0.6) is 0 Å². The molecule has 0 amide bonds. The normalized spacial score (nSPS) is 14.7. The van der Waals surface area contributed by atoms with Crippen LogP contribution in [0, 0.1) is 0 Å². The van der Waals surface area contributed by atoms with E-state index in [2.05, 4.69) is 27.7 Å². The Balaban J connectivity index is 3.62. The highest BCUT2D eigenvalue weighted by molar-refractivity contribution is 4.75. The molecule has 0 saturated heterocycles. The quantitative estimate of drug-likeness (QED) is 0.361. The fourth-order valence-electron chi connectivity index (χ4n) is 2.62. The molecule has 0 saturated carbocycles. The summed E-state index contributed by atoms with van der Waals surface area (Å²) >= 11 is 0. The Labute approximate surface area is 116 Å². The summed E-state index contributed by atoms with van der Waals surface area (Å²) in [6.45, 7) is 9.83. The van der Waals surface area contributed by atoms with Gasteiger partial charge in [-0.25, -0.2) is 0 Å². The van der Waals surface area contributed by atoms with Gasteiger partial charge < -0.3 is 4.74 Å². The summed E-state index contributed by atoms with van der Waals surface area (Å²) in [6, 6.07) is 0. The lowest BCUT2D eigenvalue weighted by molar-refractivity contribution is -0.0400. The summed E-state index contributed by atoms with van der Waals surface area (Å²) in [6.07, 6.45) is 14.8. The number of ether oxygens (including phenoxy) is 1. The Morgan fingerprint density at radius 3 is 1.72 bits per heavy atom. The van der Waals surface area contributed by atoms with Gasteiger partial charge in [0.1, 0.15) is 0 Å². The SMILES string of the molecule is CCCCCCCCCC(C)(CCCC)OCC. The van der Waals surface area contributed by atoms with Gasteiger partial charge in [0.2, 0.25) is 0 Å². The Hall–Kier alpha value is -0.0400. The predicted molar refractivity (Wildman–Crippen MR) is 82.2 cm³/mol. The predicted octanol–water partition coefficient (Wildman–Crippen LogP) is 6.11. The molecule has 0 rings (SSSR count). The van der Waals surface area contributed by atoms with E-state index in [1.54, 1.807) is 0 Å². The van der Waals surface area contributed by atoms with Crippen molar-refractivity contribution >= 4 is 0 Å². The smallest absolute Gasteiger partial charge is 0.0654 e. The van der Waals surface area contributed by atoms with E-state index in [9.17, 15) is 0 Å². The van der Waals surface area contributed by atoms with Crippen molar-refractivity contribution in [2.24, 2.45) is 0 Å². The van der Waals surface area contributed by atoms with E-state index in [0.29, 0.717) is 0 Å². The average molecular weight is 256 g/mol. The van der Waals surface area contributed by atoms with Gasteiger partial charge in [-0.1, -0.05) is 71.6 Å². The molecule has 1 unspecified atom stereocenters. The molecular formula is C17H36O. The molecule has 18 heavy (non-hydrogen) atoms. The zero-order valence-electron chi connectivity index (χ0n) is 13.4. The summed E-state index contributed by atoms with van der Waals surface area (Å²) in [7, 11) is 0. The third-order valence-electron chi connectivity index (χ3n) is 3.86.